The molecule has 0 spiro atoms. The molecule has 1 heterocycles. The molecule has 3 rings (SSSR count). The number of methoxy groups -OCH3 is 1. The molecule has 0 radical (unpaired) electrons. The molecule has 1 aromatic heterocycles. The summed E-state index contributed by atoms with van der Waals surface area (Å²) in [5.41, 5.74) is 3.59. The fraction of sp³-hybridized carbons (Fsp3) is 0.238. The maximum Gasteiger partial charge on any atom is 0.351 e. The van der Waals surface area contributed by atoms with E-state index in [2.05, 4.69) is 10.6 Å². The van der Waals surface area contributed by atoms with Crippen LogP contribution in [0.2, 0.25) is 0 Å². The molecule has 3 aromatic rings. The Labute approximate surface area is 167 Å². The summed E-state index contributed by atoms with van der Waals surface area (Å²) in [5.74, 6) is 0.0409. The Kier molecular flexibility index (Phi) is 5.84. The zero-order valence-electron chi connectivity index (χ0n) is 16.2. The van der Waals surface area contributed by atoms with Crippen molar-refractivity contribution in [2.24, 2.45) is 0 Å². The van der Waals surface area contributed by atoms with Crippen molar-refractivity contribution in [1.82, 2.24) is 0 Å². The summed E-state index contributed by atoms with van der Waals surface area (Å²) in [7, 11) is 1.34. The second-order valence-electron chi connectivity index (χ2n) is 6.27. The monoisotopic (exact) mass is 398 g/mol. The Hall–Kier alpha value is -3.06. The molecule has 0 saturated carbocycles. The van der Waals surface area contributed by atoms with Crippen LogP contribution in [-0.2, 0) is 4.74 Å². The first kappa shape index (κ1) is 19.7. The molecule has 7 heteroatoms. The maximum atomic E-state index is 12.4. The van der Waals surface area contributed by atoms with E-state index in [0.717, 1.165) is 21.3 Å². The van der Waals surface area contributed by atoms with E-state index in [1.807, 2.05) is 45.0 Å². The van der Waals surface area contributed by atoms with E-state index in [0.29, 0.717) is 22.9 Å². The number of thiophene rings is 1. The minimum Gasteiger partial charge on any atom is -0.491 e. The third-order valence-corrected chi connectivity index (χ3v) is 5.46. The quantitative estimate of drug-likeness (QED) is 0.568. The Balaban J connectivity index is 1.84. The van der Waals surface area contributed by atoms with Crippen molar-refractivity contribution in [3.63, 3.8) is 0 Å². The molecule has 0 saturated heterocycles. The molecule has 2 aromatic carbocycles. The van der Waals surface area contributed by atoms with Crippen LogP contribution < -0.4 is 15.4 Å². The molecule has 6 nitrogen and oxygen atoms in total. The molecule has 0 unspecified atom stereocenters. The van der Waals surface area contributed by atoms with E-state index in [1.165, 1.54) is 24.0 Å². The fourth-order valence-electron chi connectivity index (χ4n) is 2.78. The number of esters is 1. The fourth-order valence-corrected chi connectivity index (χ4v) is 3.83. The molecule has 0 fully saturated rings. The number of hydrogen-bond donors (Lipinski definition) is 2. The lowest BCUT2D eigenvalue weighted by Gasteiger charge is -2.10. The van der Waals surface area contributed by atoms with Crippen LogP contribution in [0.4, 0.5) is 16.2 Å². The van der Waals surface area contributed by atoms with Gasteiger partial charge < -0.3 is 20.1 Å². The molecule has 28 heavy (non-hydrogen) atoms. The van der Waals surface area contributed by atoms with Crippen LogP contribution in [0.1, 0.15) is 27.7 Å². The SMILES string of the molecule is CCOc1c(C(=O)OC)sc2ccc(NC(=O)Nc3ccc(C)c(C)c3)cc12. The van der Waals surface area contributed by atoms with Gasteiger partial charge in [-0.15, -0.1) is 11.3 Å². The summed E-state index contributed by atoms with van der Waals surface area (Å²) in [6.45, 7) is 6.29. The standard InChI is InChI=1S/C21H22N2O4S/c1-5-27-18-16-11-15(8-9-17(16)28-19(18)20(24)26-4)23-21(25)22-14-7-6-12(2)13(3)10-14/h6-11H,5H2,1-4H3,(H2,22,23,25). The first-order valence-corrected chi connectivity index (χ1v) is 9.67. The molecule has 2 N–H and O–H groups in total. The normalized spacial score (nSPS) is 10.6. The highest BCUT2D eigenvalue weighted by Crippen LogP contribution is 2.39. The number of fused-ring (bicyclic) bond motifs is 1. The molecule has 0 bridgehead atoms. The number of anilines is 2. The third-order valence-electron chi connectivity index (χ3n) is 4.32. The molecule has 2 amide bonds. The van der Waals surface area contributed by atoms with Crippen LogP contribution in [-0.4, -0.2) is 25.7 Å². The Morgan fingerprint density at radius 3 is 2.32 bits per heavy atom. The molecule has 0 aliphatic carbocycles. The number of urea groups is 1. The average molecular weight is 398 g/mol. The summed E-state index contributed by atoms with van der Waals surface area (Å²) >= 11 is 1.30. The van der Waals surface area contributed by atoms with Crippen molar-refractivity contribution in [2.45, 2.75) is 20.8 Å². The number of benzene rings is 2. The van der Waals surface area contributed by atoms with Gasteiger partial charge in [-0.1, -0.05) is 6.07 Å². The van der Waals surface area contributed by atoms with Gasteiger partial charge in [0.15, 0.2) is 10.6 Å². The number of hydrogen-bond acceptors (Lipinski definition) is 5. The van der Waals surface area contributed by atoms with Gasteiger partial charge in [0.2, 0.25) is 0 Å². The largest absolute Gasteiger partial charge is 0.491 e. The highest BCUT2D eigenvalue weighted by Gasteiger charge is 2.21. The van der Waals surface area contributed by atoms with Crippen LogP contribution >= 0.6 is 11.3 Å². The summed E-state index contributed by atoms with van der Waals surface area (Å²) in [6, 6.07) is 10.8. The van der Waals surface area contributed by atoms with Crippen LogP contribution in [0.15, 0.2) is 36.4 Å². The zero-order valence-corrected chi connectivity index (χ0v) is 17.0. The van der Waals surface area contributed by atoms with Gasteiger partial charge in [0.1, 0.15) is 0 Å². The zero-order chi connectivity index (χ0) is 20.3. The Morgan fingerprint density at radius 1 is 1.00 bits per heavy atom. The van der Waals surface area contributed by atoms with E-state index in [4.69, 9.17) is 9.47 Å². The maximum absolute atomic E-state index is 12.4. The summed E-state index contributed by atoms with van der Waals surface area (Å²) in [5, 5.41) is 6.41. The number of ether oxygens (including phenoxy) is 2. The summed E-state index contributed by atoms with van der Waals surface area (Å²) < 4.78 is 11.4. The van der Waals surface area contributed by atoms with Crippen molar-refractivity contribution in [3.05, 3.63) is 52.4 Å². The predicted molar refractivity (Wildman–Crippen MR) is 113 cm³/mol. The van der Waals surface area contributed by atoms with Crippen LogP contribution in [0.5, 0.6) is 5.75 Å². The van der Waals surface area contributed by atoms with E-state index in [1.54, 1.807) is 12.1 Å². The highest BCUT2D eigenvalue weighted by atomic mass is 32.1. The van der Waals surface area contributed by atoms with E-state index < -0.39 is 5.97 Å². The van der Waals surface area contributed by atoms with Crippen LogP contribution in [0, 0.1) is 13.8 Å². The molecule has 146 valence electrons. The molecular weight excluding hydrogens is 376 g/mol. The lowest BCUT2D eigenvalue weighted by Crippen LogP contribution is -2.19. The number of amides is 2. The van der Waals surface area contributed by atoms with Gasteiger partial charge in [-0.05, 0) is 62.2 Å². The van der Waals surface area contributed by atoms with Crippen molar-refractivity contribution in [2.75, 3.05) is 24.4 Å². The number of carbonyl (C=O) groups is 2. The second-order valence-corrected chi connectivity index (χ2v) is 7.33. The molecule has 0 aliphatic heterocycles. The minimum absolute atomic E-state index is 0.344. The van der Waals surface area contributed by atoms with Gasteiger partial charge in [0.05, 0.1) is 13.7 Å². The van der Waals surface area contributed by atoms with E-state index in [9.17, 15) is 9.59 Å². The topological polar surface area (TPSA) is 76.7 Å². The minimum atomic E-state index is -0.438. The Bertz CT molecular complexity index is 1040. The highest BCUT2D eigenvalue weighted by molar-refractivity contribution is 7.21. The first-order valence-electron chi connectivity index (χ1n) is 8.85. The van der Waals surface area contributed by atoms with Gasteiger partial charge in [-0.2, -0.15) is 0 Å². The van der Waals surface area contributed by atoms with Gasteiger partial charge in [0, 0.05) is 21.5 Å². The molecule has 0 atom stereocenters. The van der Waals surface area contributed by atoms with Gasteiger partial charge in [-0.3, -0.25) is 0 Å². The third kappa shape index (κ3) is 4.09. The van der Waals surface area contributed by atoms with Crippen molar-refractivity contribution in [1.29, 1.82) is 0 Å². The van der Waals surface area contributed by atoms with Crippen molar-refractivity contribution < 1.29 is 19.1 Å². The van der Waals surface area contributed by atoms with E-state index in [-0.39, 0.29) is 6.03 Å². The van der Waals surface area contributed by atoms with Crippen LogP contribution in [0.25, 0.3) is 10.1 Å². The van der Waals surface area contributed by atoms with Crippen molar-refractivity contribution in [3.8, 4) is 5.75 Å². The van der Waals surface area contributed by atoms with Crippen LogP contribution in [0.3, 0.4) is 0 Å². The molecular formula is C21H22N2O4S. The molecule has 0 aliphatic rings. The lowest BCUT2D eigenvalue weighted by molar-refractivity contribution is 0.0602. The van der Waals surface area contributed by atoms with Gasteiger partial charge in [0.25, 0.3) is 0 Å². The number of aryl methyl sites for hydroxylation is 2. The predicted octanol–water partition coefficient (Wildman–Crippen LogP) is 5.35. The Morgan fingerprint density at radius 2 is 1.68 bits per heavy atom. The lowest BCUT2D eigenvalue weighted by atomic mass is 10.1. The number of carbonyl (C=O) groups excluding carboxylic acids is 2. The van der Waals surface area contributed by atoms with Gasteiger partial charge in [-0.25, -0.2) is 9.59 Å². The summed E-state index contributed by atoms with van der Waals surface area (Å²) in [4.78, 5) is 24.8. The first-order chi connectivity index (χ1) is 13.4. The van der Waals surface area contributed by atoms with E-state index >= 15 is 0 Å². The number of rotatable bonds is 5. The average Bonchev–Trinajstić information content (AvgIpc) is 3.02. The summed E-state index contributed by atoms with van der Waals surface area (Å²) in [6.07, 6.45) is 0. The second kappa shape index (κ2) is 8.31. The van der Waals surface area contributed by atoms with Crippen molar-refractivity contribution >= 4 is 44.8 Å². The number of nitrogens with one attached hydrogen (secondary N) is 2. The van der Waals surface area contributed by atoms with Gasteiger partial charge >= 0.3 is 12.0 Å². The smallest absolute Gasteiger partial charge is 0.351 e.